The van der Waals surface area contributed by atoms with Crippen LogP contribution in [0.1, 0.15) is 27.9 Å². The predicted octanol–water partition coefficient (Wildman–Crippen LogP) is 3.08. The van der Waals surface area contributed by atoms with Crippen LogP contribution in [-0.4, -0.2) is 70.7 Å². The molecule has 1 saturated heterocycles. The number of aliphatic hydroxyl groups excluding tert-OH is 1. The van der Waals surface area contributed by atoms with Crippen LogP contribution in [0.25, 0.3) is 10.9 Å². The number of ether oxygens (including phenoxy) is 1. The van der Waals surface area contributed by atoms with Crippen LogP contribution >= 0.6 is 0 Å². The fraction of sp³-hybridized carbons (Fsp3) is 0.303. The van der Waals surface area contributed by atoms with E-state index in [9.17, 15) is 19.5 Å². The molecule has 3 heterocycles. The molecular weight excluding hydrogens is 532 g/mol. The number of aromatic nitrogens is 1. The van der Waals surface area contributed by atoms with E-state index in [1.54, 1.807) is 18.2 Å². The fourth-order valence-electron chi connectivity index (χ4n) is 6.25. The molecule has 3 unspecified atom stereocenters. The summed E-state index contributed by atoms with van der Waals surface area (Å²) >= 11 is 0. The van der Waals surface area contributed by atoms with Crippen LogP contribution in [0, 0.1) is 0 Å². The van der Waals surface area contributed by atoms with Gasteiger partial charge in [0.25, 0.3) is 5.91 Å². The van der Waals surface area contributed by atoms with E-state index < -0.39 is 24.1 Å². The van der Waals surface area contributed by atoms with Gasteiger partial charge in [0, 0.05) is 55.6 Å². The average molecular weight is 567 g/mol. The molecule has 1 aromatic heterocycles. The van der Waals surface area contributed by atoms with E-state index in [1.165, 1.54) is 4.90 Å². The van der Waals surface area contributed by atoms with E-state index in [0.717, 1.165) is 27.7 Å². The summed E-state index contributed by atoms with van der Waals surface area (Å²) in [6.07, 6.45) is 1.92. The zero-order valence-corrected chi connectivity index (χ0v) is 23.7. The zero-order valence-electron chi connectivity index (χ0n) is 23.7. The molecule has 2 N–H and O–H groups in total. The second kappa shape index (κ2) is 11.3. The molecule has 2 aliphatic heterocycles. The Morgan fingerprint density at radius 2 is 1.79 bits per heavy atom. The molecule has 0 bridgehead atoms. The van der Waals surface area contributed by atoms with Crippen LogP contribution < -0.4 is 15.0 Å². The Morgan fingerprint density at radius 3 is 2.57 bits per heavy atom. The van der Waals surface area contributed by atoms with Crippen molar-refractivity contribution in [1.29, 1.82) is 0 Å². The number of aliphatic hydroxyl groups is 1. The van der Waals surface area contributed by atoms with Crippen LogP contribution in [0.4, 0.5) is 5.69 Å². The number of hydrogen-bond acceptors (Lipinski definition) is 5. The predicted molar refractivity (Wildman–Crippen MR) is 159 cm³/mol. The first-order chi connectivity index (χ1) is 20.4. The maximum atomic E-state index is 13.8. The topological polar surface area (TPSA) is 104 Å². The molecule has 6 rings (SSSR count). The smallest absolute Gasteiger partial charge is 0.256 e. The van der Waals surface area contributed by atoms with Gasteiger partial charge >= 0.3 is 0 Å². The third kappa shape index (κ3) is 5.00. The number of aryl methyl sites for hydroxylation is 1. The van der Waals surface area contributed by atoms with E-state index >= 15 is 0 Å². The molecule has 9 heteroatoms. The molecule has 0 radical (unpaired) electrons. The number of amides is 3. The van der Waals surface area contributed by atoms with Gasteiger partial charge in [-0.25, -0.2) is 0 Å². The summed E-state index contributed by atoms with van der Waals surface area (Å²) in [7, 11) is 3.46. The first kappa shape index (κ1) is 27.5. The SMILES string of the molecule is COc1cccc2c1CC(NC(=O)C1CC(O)CN1C(=O)c1cn(C)c3ccccc13)C(=O)N2CCc1ccccc1. The number of nitrogens with zero attached hydrogens (tertiary/aromatic N) is 3. The van der Waals surface area contributed by atoms with Gasteiger partial charge in [0.2, 0.25) is 11.8 Å². The number of methoxy groups -OCH3 is 1. The van der Waals surface area contributed by atoms with Crippen molar-refractivity contribution >= 4 is 34.3 Å². The number of benzene rings is 3. The minimum absolute atomic E-state index is 0.0403. The minimum Gasteiger partial charge on any atom is -0.496 e. The van der Waals surface area contributed by atoms with Gasteiger partial charge in [-0.1, -0.05) is 54.6 Å². The van der Waals surface area contributed by atoms with Crippen molar-refractivity contribution in [2.24, 2.45) is 7.05 Å². The maximum absolute atomic E-state index is 13.8. The van der Waals surface area contributed by atoms with Crippen LogP contribution in [-0.2, 0) is 29.5 Å². The summed E-state index contributed by atoms with van der Waals surface area (Å²) in [6, 6.07) is 21.4. The highest BCUT2D eigenvalue weighted by Crippen LogP contribution is 2.35. The molecule has 3 aromatic carbocycles. The van der Waals surface area contributed by atoms with Gasteiger partial charge in [-0.15, -0.1) is 0 Å². The quantitative estimate of drug-likeness (QED) is 0.358. The van der Waals surface area contributed by atoms with Crippen LogP contribution in [0.15, 0.2) is 79.0 Å². The molecule has 4 aromatic rings. The largest absolute Gasteiger partial charge is 0.496 e. The number of carbonyl (C=O) groups excluding carboxylic acids is 3. The number of hydrogen-bond donors (Lipinski definition) is 2. The van der Waals surface area contributed by atoms with Gasteiger partial charge in [-0.2, -0.15) is 0 Å². The molecule has 42 heavy (non-hydrogen) atoms. The van der Waals surface area contributed by atoms with Gasteiger partial charge in [-0.3, -0.25) is 14.4 Å². The van der Waals surface area contributed by atoms with Gasteiger partial charge < -0.3 is 29.5 Å². The van der Waals surface area contributed by atoms with Gasteiger partial charge in [0.1, 0.15) is 17.8 Å². The molecule has 1 fully saturated rings. The third-order valence-corrected chi connectivity index (χ3v) is 8.34. The zero-order chi connectivity index (χ0) is 29.4. The summed E-state index contributed by atoms with van der Waals surface area (Å²) in [6.45, 7) is 0.474. The molecule has 0 spiro atoms. The number of nitrogens with one attached hydrogen (secondary N) is 1. The minimum atomic E-state index is -0.906. The summed E-state index contributed by atoms with van der Waals surface area (Å²) in [4.78, 5) is 44.5. The Kier molecular flexibility index (Phi) is 7.43. The standard InChI is InChI=1S/C33H34N4O5/c1-35-20-25(23-11-6-7-12-27(23)35)32(40)37-19-22(38)17-29(37)31(39)34-26-18-24-28(13-8-14-30(24)42-2)36(33(26)41)16-15-21-9-4-3-5-10-21/h3-14,20,22,26,29,38H,15-19H2,1-2H3,(H,34,39). The molecule has 3 atom stereocenters. The maximum Gasteiger partial charge on any atom is 0.256 e. The highest BCUT2D eigenvalue weighted by molar-refractivity contribution is 6.09. The first-order valence-corrected chi connectivity index (χ1v) is 14.2. The lowest BCUT2D eigenvalue weighted by atomic mass is 9.95. The van der Waals surface area contributed by atoms with E-state index in [0.29, 0.717) is 24.3 Å². The Labute approximate surface area is 244 Å². The van der Waals surface area contributed by atoms with Crippen molar-refractivity contribution in [3.05, 3.63) is 95.7 Å². The first-order valence-electron chi connectivity index (χ1n) is 14.2. The van der Waals surface area contributed by atoms with E-state index in [-0.39, 0.29) is 31.2 Å². The Hall–Kier alpha value is -4.63. The number of rotatable bonds is 7. The summed E-state index contributed by atoms with van der Waals surface area (Å²) in [5, 5.41) is 14.3. The summed E-state index contributed by atoms with van der Waals surface area (Å²) in [5.41, 5.74) is 4.08. The number of carbonyl (C=O) groups is 3. The molecule has 216 valence electrons. The van der Waals surface area contributed by atoms with Crippen LogP contribution in [0.3, 0.4) is 0 Å². The van der Waals surface area contributed by atoms with Crippen molar-refractivity contribution in [2.75, 3.05) is 25.1 Å². The van der Waals surface area contributed by atoms with Crippen molar-refractivity contribution in [1.82, 2.24) is 14.8 Å². The Balaban J connectivity index is 1.25. The van der Waals surface area contributed by atoms with E-state index in [4.69, 9.17) is 4.74 Å². The fourth-order valence-corrected chi connectivity index (χ4v) is 6.25. The second-order valence-corrected chi connectivity index (χ2v) is 11.0. The molecule has 9 nitrogen and oxygen atoms in total. The highest BCUT2D eigenvalue weighted by Gasteiger charge is 2.42. The molecule has 2 aliphatic rings. The van der Waals surface area contributed by atoms with Crippen molar-refractivity contribution in [3.63, 3.8) is 0 Å². The lowest BCUT2D eigenvalue weighted by Gasteiger charge is -2.36. The molecule has 3 amide bonds. The van der Waals surface area contributed by atoms with Gasteiger partial charge in [0.05, 0.1) is 24.5 Å². The number of anilines is 1. The number of β-amino-alcohol motifs (C(OH)–C–C–N with tert-alkyl or cyclic N) is 1. The normalized spacial score (nSPS) is 20.1. The molecular formula is C33H34N4O5. The highest BCUT2D eigenvalue weighted by atomic mass is 16.5. The monoisotopic (exact) mass is 566 g/mol. The van der Waals surface area contributed by atoms with E-state index in [1.807, 2.05) is 84.4 Å². The lowest BCUT2D eigenvalue weighted by molar-refractivity contribution is -0.130. The number of para-hydroxylation sites is 1. The van der Waals surface area contributed by atoms with Crippen molar-refractivity contribution in [2.45, 2.75) is 37.5 Å². The number of fused-ring (bicyclic) bond motifs is 2. The Morgan fingerprint density at radius 1 is 1.02 bits per heavy atom. The molecule has 0 aliphatic carbocycles. The lowest BCUT2D eigenvalue weighted by Crippen LogP contribution is -2.57. The summed E-state index contributed by atoms with van der Waals surface area (Å²) in [5.74, 6) is -0.353. The van der Waals surface area contributed by atoms with Gasteiger partial charge in [-0.05, 0) is 30.2 Å². The number of likely N-dealkylation sites (tertiary alicyclic amines) is 1. The molecule has 0 saturated carbocycles. The van der Waals surface area contributed by atoms with E-state index in [2.05, 4.69) is 5.32 Å². The second-order valence-electron chi connectivity index (χ2n) is 11.0. The van der Waals surface area contributed by atoms with Crippen LogP contribution in [0.2, 0.25) is 0 Å². The average Bonchev–Trinajstić information content (AvgIpc) is 3.57. The van der Waals surface area contributed by atoms with Gasteiger partial charge in [0.15, 0.2) is 0 Å². The third-order valence-electron chi connectivity index (χ3n) is 8.34. The van der Waals surface area contributed by atoms with Crippen molar-refractivity contribution < 1.29 is 24.2 Å². The van der Waals surface area contributed by atoms with Crippen molar-refractivity contribution in [3.8, 4) is 5.75 Å². The summed E-state index contributed by atoms with van der Waals surface area (Å²) < 4.78 is 7.50. The Bertz CT molecular complexity index is 1650. The van der Waals surface area contributed by atoms with Crippen LogP contribution in [0.5, 0.6) is 5.75 Å².